The number of aliphatic imine (C=N–C) groups is 4. The SMILES string of the molecule is CC(/C=C(/C)[O-])=NCCN=C(C)/C=C(/C)[O-].CC(/C=C(/C)[O-])=NCCN=C(C)/C=C(/C)[O-].O.[Cu+2].[Cu+2]. The Balaban J connectivity index is -0.000000158. The Labute approximate surface area is 231 Å². The van der Waals surface area contributed by atoms with Crippen LogP contribution in [0.1, 0.15) is 55.4 Å². The zero-order valence-electron chi connectivity index (χ0n) is 21.7. The van der Waals surface area contributed by atoms with Crippen molar-refractivity contribution >= 4 is 22.8 Å². The molecular formula is C24H38Cu2N4O5. The quantitative estimate of drug-likeness (QED) is 0.152. The van der Waals surface area contributed by atoms with Crippen molar-refractivity contribution < 1.29 is 60.0 Å². The van der Waals surface area contributed by atoms with E-state index in [1.54, 1.807) is 27.7 Å². The van der Waals surface area contributed by atoms with Crippen LogP contribution in [0.25, 0.3) is 0 Å². The van der Waals surface area contributed by atoms with E-state index in [0.29, 0.717) is 49.0 Å². The first kappa shape index (κ1) is 43.0. The number of hydrogen-bond acceptors (Lipinski definition) is 8. The van der Waals surface area contributed by atoms with Gasteiger partial charge < -0.3 is 25.9 Å². The molecule has 2 radical (unpaired) electrons. The Kier molecular flexibility index (Phi) is 32.5. The zero-order valence-corrected chi connectivity index (χ0v) is 23.5. The summed E-state index contributed by atoms with van der Waals surface area (Å²) in [5.41, 5.74) is 2.82. The van der Waals surface area contributed by atoms with E-state index in [0.717, 1.165) is 0 Å². The molecule has 0 rings (SSSR count). The minimum absolute atomic E-state index is 0. The second-order valence-electron chi connectivity index (χ2n) is 7.11. The van der Waals surface area contributed by atoms with E-state index in [1.807, 2.05) is 0 Å². The van der Waals surface area contributed by atoms with E-state index in [-0.39, 0.29) is 62.7 Å². The second-order valence-corrected chi connectivity index (χ2v) is 7.11. The summed E-state index contributed by atoms with van der Waals surface area (Å²) in [5.74, 6) is -0.0339. The van der Waals surface area contributed by atoms with Crippen LogP contribution in [0.5, 0.6) is 0 Å². The molecule has 0 aromatic carbocycles. The number of allylic oxidation sites excluding steroid dienone is 8. The second kappa shape index (κ2) is 26.4. The molecule has 0 aliphatic carbocycles. The van der Waals surface area contributed by atoms with Crippen LogP contribution in [0.2, 0.25) is 0 Å². The molecule has 0 aromatic heterocycles. The number of nitrogens with zero attached hydrogens (tertiary/aromatic N) is 4. The van der Waals surface area contributed by atoms with Gasteiger partial charge in [0.15, 0.2) is 0 Å². The van der Waals surface area contributed by atoms with Gasteiger partial charge in [0.2, 0.25) is 0 Å². The number of hydrogen-bond donors (Lipinski definition) is 0. The molecule has 9 nitrogen and oxygen atoms in total. The minimum Gasteiger partial charge on any atom is -0.876 e. The molecule has 0 amide bonds. The molecule has 2 N–H and O–H groups in total. The molecule has 206 valence electrons. The van der Waals surface area contributed by atoms with E-state index in [1.165, 1.54) is 52.0 Å². The van der Waals surface area contributed by atoms with Crippen LogP contribution in [-0.2, 0) is 34.1 Å². The van der Waals surface area contributed by atoms with Crippen molar-refractivity contribution in [1.29, 1.82) is 0 Å². The fraction of sp³-hybridized carbons (Fsp3) is 0.500. The third kappa shape index (κ3) is 36.6. The van der Waals surface area contributed by atoms with Crippen LogP contribution >= 0.6 is 0 Å². The van der Waals surface area contributed by atoms with Gasteiger partial charge in [0.1, 0.15) is 0 Å². The van der Waals surface area contributed by atoms with Crippen molar-refractivity contribution in [2.45, 2.75) is 55.4 Å². The van der Waals surface area contributed by atoms with Gasteiger partial charge in [0, 0.05) is 22.8 Å². The molecule has 0 saturated heterocycles. The Morgan fingerprint density at radius 2 is 0.571 bits per heavy atom. The third-order valence-corrected chi connectivity index (χ3v) is 3.29. The standard InChI is InChI=1S/2C12H20N2O2.2Cu.H2O/c2*1-9(7-11(3)15)13-5-6-14-10(2)8-12(4)16;;;/h2*7-8,15-16H,5-6H2,1-4H3;;;1H2/q;;2*+2;/p-4/b2*11-7-,12-8-,13-9?,14-10?;;;. The zero-order chi connectivity index (χ0) is 25.1. The van der Waals surface area contributed by atoms with Gasteiger partial charge in [-0.1, -0.05) is 52.0 Å². The van der Waals surface area contributed by atoms with Gasteiger partial charge in [0.25, 0.3) is 0 Å². The molecule has 0 saturated carbocycles. The van der Waals surface area contributed by atoms with Crippen molar-refractivity contribution in [2.75, 3.05) is 26.2 Å². The van der Waals surface area contributed by atoms with E-state index in [4.69, 9.17) is 0 Å². The van der Waals surface area contributed by atoms with E-state index in [9.17, 15) is 20.4 Å². The van der Waals surface area contributed by atoms with E-state index in [2.05, 4.69) is 20.0 Å². The molecule has 0 spiro atoms. The monoisotopic (exact) mass is 588 g/mol. The fourth-order valence-corrected chi connectivity index (χ4v) is 2.26. The van der Waals surface area contributed by atoms with E-state index < -0.39 is 0 Å². The Morgan fingerprint density at radius 3 is 0.686 bits per heavy atom. The van der Waals surface area contributed by atoms with Crippen LogP contribution in [0.3, 0.4) is 0 Å². The summed E-state index contributed by atoms with van der Waals surface area (Å²) in [6.45, 7) is 15.2. The van der Waals surface area contributed by atoms with Crippen molar-refractivity contribution in [3.8, 4) is 0 Å². The van der Waals surface area contributed by atoms with Gasteiger partial charge in [-0.05, 0) is 27.7 Å². The van der Waals surface area contributed by atoms with Gasteiger partial charge in [-0.3, -0.25) is 20.0 Å². The van der Waals surface area contributed by atoms with Gasteiger partial charge in [-0.2, -0.15) is 0 Å². The van der Waals surface area contributed by atoms with Crippen molar-refractivity contribution in [2.24, 2.45) is 20.0 Å². The number of rotatable bonds is 10. The molecule has 0 heterocycles. The summed E-state index contributed by atoms with van der Waals surface area (Å²) in [5, 5.41) is 42.8. The Morgan fingerprint density at radius 1 is 0.429 bits per heavy atom. The maximum Gasteiger partial charge on any atom is 2.00 e. The van der Waals surface area contributed by atoms with Gasteiger partial charge in [-0.15, -0.1) is 23.0 Å². The van der Waals surface area contributed by atoms with Crippen molar-refractivity contribution in [1.82, 2.24) is 0 Å². The van der Waals surface area contributed by atoms with Crippen LogP contribution < -0.4 is 20.4 Å². The largest absolute Gasteiger partial charge is 2.00 e. The van der Waals surface area contributed by atoms with Crippen LogP contribution in [0.4, 0.5) is 0 Å². The van der Waals surface area contributed by atoms with E-state index >= 15 is 0 Å². The average molecular weight is 590 g/mol. The van der Waals surface area contributed by atoms with Crippen LogP contribution in [0.15, 0.2) is 67.3 Å². The first-order valence-corrected chi connectivity index (χ1v) is 10.3. The topological polar surface area (TPSA) is 173 Å². The molecule has 0 aliphatic rings. The smallest absolute Gasteiger partial charge is 0.876 e. The summed E-state index contributed by atoms with van der Waals surface area (Å²) < 4.78 is 0. The normalized spacial score (nSPS) is 14.2. The molecule has 0 fully saturated rings. The van der Waals surface area contributed by atoms with Crippen molar-refractivity contribution in [3.05, 3.63) is 47.3 Å². The first-order valence-electron chi connectivity index (χ1n) is 10.3. The summed E-state index contributed by atoms with van der Waals surface area (Å²) in [7, 11) is 0. The predicted octanol–water partition coefficient (Wildman–Crippen LogP) is 0.0431. The van der Waals surface area contributed by atoms with Gasteiger partial charge >= 0.3 is 34.1 Å². The van der Waals surface area contributed by atoms with Crippen molar-refractivity contribution in [3.63, 3.8) is 0 Å². The molecule has 0 unspecified atom stereocenters. The summed E-state index contributed by atoms with van der Waals surface area (Å²) in [6.07, 6.45) is 5.94. The molecule has 0 bridgehead atoms. The summed E-state index contributed by atoms with van der Waals surface area (Å²) >= 11 is 0. The Hall–Kier alpha value is -2.16. The minimum atomic E-state index is -0.00848. The molecule has 0 aliphatic heterocycles. The summed E-state index contributed by atoms with van der Waals surface area (Å²) in [4.78, 5) is 16.6. The van der Waals surface area contributed by atoms with Crippen LogP contribution in [0, 0.1) is 0 Å². The predicted molar refractivity (Wildman–Crippen MR) is 131 cm³/mol. The fourth-order valence-electron chi connectivity index (χ4n) is 2.26. The Bertz CT molecular complexity index is 676. The molecule has 0 atom stereocenters. The molecule has 0 aromatic rings. The van der Waals surface area contributed by atoms with Gasteiger partial charge in [-0.25, -0.2) is 0 Å². The maximum absolute atomic E-state index is 10.7. The van der Waals surface area contributed by atoms with Crippen LogP contribution in [-0.4, -0.2) is 54.5 Å². The molecule has 35 heavy (non-hydrogen) atoms. The maximum atomic E-state index is 10.7. The molecular weight excluding hydrogens is 551 g/mol. The third-order valence-electron chi connectivity index (χ3n) is 3.29. The summed E-state index contributed by atoms with van der Waals surface area (Å²) in [6, 6.07) is 0. The van der Waals surface area contributed by atoms with Gasteiger partial charge in [0.05, 0.1) is 26.2 Å². The molecule has 11 heteroatoms. The average Bonchev–Trinajstić information content (AvgIpc) is 2.60. The first-order chi connectivity index (χ1) is 14.8.